The van der Waals surface area contributed by atoms with Crippen molar-refractivity contribution in [1.29, 1.82) is 0 Å². The Hall–Kier alpha value is -2.87. The Morgan fingerprint density at radius 1 is 0.933 bits per heavy atom. The normalized spacial score (nSPS) is 14.7. The van der Waals surface area contributed by atoms with Crippen LogP contribution in [-0.4, -0.2) is 20.4 Å². The number of anilines is 2. The van der Waals surface area contributed by atoms with Crippen molar-refractivity contribution in [1.82, 2.24) is 4.72 Å². The highest BCUT2D eigenvalue weighted by Gasteiger charge is 2.26. The average Bonchev–Trinajstić information content (AvgIpc) is 3.36. The molecule has 3 N–H and O–H groups in total. The van der Waals surface area contributed by atoms with Crippen LogP contribution < -0.4 is 15.4 Å². The third-order valence-electron chi connectivity index (χ3n) is 5.69. The molecule has 0 saturated carbocycles. The van der Waals surface area contributed by atoms with Gasteiger partial charge in [-0.3, -0.25) is 4.79 Å². The standard InChI is InChI=1S/C22H25N3O4S/c1-2-20(26)23-16-8-5-9-17(13-16)30(28,29)25-22(27)24-21-18-10-3-6-14(18)12-15-7-4-11-19(15)21/h5,8-9,12-13H,2-4,6-7,10-11H2,1H3,(H,23,26)(H2,24,25,27). The topological polar surface area (TPSA) is 104 Å². The maximum Gasteiger partial charge on any atom is 0.333 e. The highest BCUT2D eigenvalue weighted by atomic mass is 32.2. The lowest BCUT2D eigenvalue weighted by Gasteiger charge is -2.16. The van der Waals surface area contributed by atoms with Crippen molar-refractivity contribution >= 4 is 33.3 Å². The molecule has 2 aromatic rings. The smallest absolute Gasteiger partial charge is 0.326 e. The molecule has 0 heterocycles. The van der Waals surface area contributed by atoms with Crippen molar-refractivity contribution in [2.45, 2.75) is 56.8 Å². The summed E-state index contributed by atoms with van der Waals surface area (Å²) in [5, 5.41) is 5.45. The summed E-state index contributed by atoms with van der Waals surface area (Å²) in [6, 6.07) is 7.32. The maximum absolute atomic E-state index is 12.7. The van der Waals surface area contributed by atoms with Crippen LogP contribution in [0.3, 0.4) is 0 Å². The van der Waals surface area contributed by atoms with Crippen LogP contribution in [0.25, 0.3) is 0 Å². The summed E-state index contributed by atoms with van der Waals surface area (Å²) >= 11 is 0. The summed E-state index contributed by atoms with van der Waals surface area (Å²) in [5.74, 6) is -0.220. The third kappa shape index (κ3) is 4.05. The Labute approximate surface area is 176 Å². The molecule has 2 aliphatic rings. The monoisotopic (exact) mass is 427 g/mol. The Morgan fingerprint density at radius 3 is 2.23 bits per heavy atom. The fraction of sp³-hybridized carbons (Fsp3) is 0.364. The number of hydrogen-bond donors (Lipinski definition) is 3. The van der Waals surface area contributed by atoms with Crippen LogP contribution in [0.1, 0.15) is 48.4 Å². The van der Waals surface area contributed by atoms with Crippen molar-refractivity contribution in [2.24, 2.45) is 0 Å². The number of rotatable bonds is 5. The fourth-order valence-corrected chi connectivity index (χ4v) is 5.23. The first-order chi connectivity index (χ1) is 14.4. The van der Waals surface area contributed by atoms with Gasteiger partial charge in [-0.05, 0) is 79.0 Å². The summed E-state index contributed by atoms with van der Waals surface area (Å²) in [4.78, 5) is 24.1. The van der Waals surface area contributed by atoms with Crippen LogP contribution in [0.5, 0.6) is 0 Å². The molecule has 7 nitrogen and oxygen atoms in total. The molecule has 8 heteroatoms. The first kappa shape index (κ1) is 20.4. The molecule has 0 radical (unpaired) electrons. The lowest BCUT2D eigenvalue weighted by atomic mass is 9.99. The van der Waals surface area contributed by atoms with Gasteiger partial charge in [-0.1, -0.05) is 19.1 Å². The number of nitrogens with one attached hydrogen (secondary N) is 3. The average molecular weight is 428 g/mol. The zero-order valence-electron chi connectivity index (χ0n) is 16.9. The number of sulfonamides is 1. The molecule has 0 fully saturated rings. The second-order valence-corrected chi connectivity index (χ2v) is 9.41. The summed E-state index contributed by atoms with van der Waals surface area (Å²) < 4.78 is 27.6. The van der Waals surface area contributed by atoms with Gasteiger partial charge < -0.3 is 10.6 Å². The van der Waals surface area contributed by atoms with Crippen LogP contribution in [0, 0.1) is 0 Å². The zero-order valence-corrected chi connectivity index (χ0v) is 17.7. The molecule has 0 spiro atoms. The molecule has 30 heavy (non-hydrogen) atoms. The Balaban J connectivity index is 1.54. The number of carbonyl (C=O) groups is 2. The number of amides is 3. The third-order valence-corrected chi connectivity index (χ3v) is 7.02. The van der Waals surface area contributed by atoms with Gasteiger partial charge >= 0.3 is 6.03 Å². The lowest BCUT2D eigenvalue weighted by molar-refractivity contribution is -0.115. The number of carbonyl (C=O) groups excluding carboxylic acids is 2. The quantitative estimate of drug-likeness (QED) is 0.679. The minimum atomic E-state index is -4.09. The number of fused-ring (bicyclic) bond motifs is 2. The van der Waals surface area contributed by atoms with E-state index in [9.17, 15) is 18.0 Å². The van der Waals surface area contributed by atoms with Crippen LogP contribution in [-0.2, 0) is 40.5 Å². The number of aryl methyl sites for hydroxylation is 2. The predicted molar refractivity (Wildman–Crippen MR) is 115 cm³/mol. The van der Waals surface area contributed by atoms with Gasteiger partial charge in [-0.25, -0.2) is 17.9 Å². The number of urea groups is 1. The second kappa shape index (κ2) is 8.10. The lowest BCUT2D eigenvalue weighted by Crippen LogP contribution is -2.35. The van der Waals surface area contributed by atoms with Crippen molar-refractivity contribution < 1.29 is 18.0 Å². The maximum atomic E-state index is 12.7. The van der Waals surface area contributed by atoms with Crippen molar-refractivity contribution in [2.75, 3.05) is 10.6 Å². The van der Waals surface area contributed by atoms with Gasteiger partial charge in [-0.15, -0.1) is 0 Å². The van der Waals surface area contributed by atoms with E-state index in [-0.39, 0.29) is 17.2 Å². The van der Waals surface area contributed by atoms with Crippen LogP contribution in [0.15, 0.2) is 35.2 Å². The largest absolute Gasteiger partial charge is 0.333 e. The summed E-state index contributed by atoms with van der Waals surface area (Å²) in [7, 11) is -4.09. The van der Waals surface area contributed by atoms with Gasteiger partial charge in [-0.2, -0.15) is 0 Å². The molecule has 0 aromatic heterocycles. The molecular formula is C22H25N3O4S. The molecule has 2 aliphatic carbocycles. The number of hydrogen-bond acceptors (Lipinski definition) is 4. The molecule has 158 valence electrons. The molecule has 2 aromatic carbocycles. The Morgan fingerprint density at radius 2 is 1.60 bits per heavy atom. The SMILES string of the molecule is CCC(=O)Nc1cccc(S(=O)(=O)NC(=O)Nc2c3c(cc4c2CCC4)CCC3)c1. The van der Waals surface area contributed by atoms with E-state index in [1.165, 1.54) is 29.3 Å². The second-order valence-electron chi connectivity index (χ2n) is 7.72. The summed E-state index contributed by atoms with van der Waals surface area (Å²) in [5.41, 5.74) is 5.93. The van der Waals surface area contributed by atoms with Gasteiger partial charge in [0, 0.05) is 17.8 Å². The summed E-state index contributed by atoms with van der Waals surface area (Å²) in [6.07, 6.45) is 6.14. The molecule has 0 atom stereocenters. The van der Waals surface area contributed by atoms with Crippen molar-refractivity contribution in [3.05, 3.63) is 52.6 Å². The van der Waals surface area contributed by atoms with E-state index in [0.29, 0.717) is 5.69 Å². The van der Waals surface area contributed by atoms with Crippen LogP contribution in [0.4, 0.5) is 16.2 Å². The first-order valence-corrected chi connectivity index (χ1v) is 11.8. The van der Waals surface area contributed by atoms with Crippen LogP contribution >= 0.6 is 0 Å². The van der Waals surface area contributed by atoms with E-state index in [2.05, 4.69) is 21.4 Å². The Bertz CT molecular complexity index is 1090. The van der Waals surface area contributed by atoms with E-state index >= 15 is 0 Å². The zero-order chi connectivity index (χ0) is 21.3. The molecule has 4 rings (SSSR count). The summed E-state index contributed by atoms with van der Waals surface area (Å²) in [6.45, 7) is 1.71. The van der Waals surface area contributed by atoms with Gasteiger partial charge in [0.2, 0.25) is 5.91 Å². The fourth-order valence-electron chi connectivity index (χ4n) is 4.28. The first-order valence-electron chi connectivity index (χ1n) is 10.3. The van der Waals surface area contributed by atoms with Gasteiger partial charge in [0.1, 0.15) is 0 Å². The highest BCUT2D eigenvalue weighted by molar-refractivity contribution is 7.90. The minimum absolute atomic E-state index is 0.0879. The van der Waals surface area contributed by atoms with Crippen LogP contribution in [0.2, 0.25) is 0 Å². The molecular weight excluding hydrogens is 402 g/mol. The highest BCUT2D eigenvalue weighted by Crippen LogP contribution is 2.38. The van der Waals surface area contributed by atoms with Gasteiger partial charge in [0.15, 0.2) is 0 Å². The molecule has 3 amide bonds. The molecule has 0 unspecified atom stereocenters. The van der Waals surface area contributed by atoms with Crippen molar-refractivity contribution in [3.8, 4) is 0 Å². The Kier molecular flexibility index (Phi) is 5.51. The van der Waals surface area contributed by atoms with E-state index in [1.54, 1.807) is 13.0 Å². The van der Waals surface area contributed by atoms with E-state index in [0.717, 1.165) is 55.3 Å². The van der Waals surface area contributed by atoms with E-state index in [4.69, 9.17) is 0 Å². The minimum Gasteiger partial charge on any atom is -0.326 e. The number of benzene rings is 2. The predicted octanol–water partition coefficient (Wildman–Crippen LogP) is 3.52. The molecule has 0 aliphatic heterocycles. The molecule has 0 saturated heterocycles. The van der Waals surface area contributed by atoms with E-state index in [1.807, 2.05) is 0 Å². The molecule has 0 bridgehead atoms. The van der Waals surface area contributed by atoms with Gasteiger partial charge in [0.25, 0.3) is 10.0 Å². The van der Waals surface area contributed by atoms with E-state index < -0.39 is 16.1 Å². The van der Waals surface area contributed by atoms with Crippen molar-refractivity contribution in [3.63, 3.8) is 0 Å². The van der Waals surface area contributed by atoms with Gasteiger partial charge in [0.05, 0.1) is 4.90 Å².